The molecule has 0 radical (unpaired) electrons. The fourth-order valence-electron chi connectivity index (χ4n) is 3.87. The Labute approximate surface area is 204 Å². The molecule has 1 unspecified atom stereocenters. The van der Waals surface area contributed by atoms with E-state index in [2.05, 4.69) is 22.4 Å². The molecule has 180 valence electrons. The van der Waals surface area contributed by atoms with E-state index in [0.29, 0.717) is 46.2 Å². The highest BCUT2D eigenvalue weighted by atomic mass is 32.2. The number of anilines is 1. The van der Waals surface area contributed by atoms with Crippen LogP contribution in [0.25, 0.3) is 11.3 Å². The Morgan fingerprint density at radius 1 is 1.21 bits per heavy atom. The molecular formula is C24H28N4O4S2. The van der Waals surface area contributed by atoms with Crippen LogP contribution in [0.2, 0.25) is 0 Å². The van der Waals surface area contributed by atoms with E-state index < -0.39 is 10.0 Å². The molecule has 3 aromatic rings. The third-order valence-electron chi connectivity index (χ3n) is 5.70. The first-order valence-corrected chi connectivity index (χ1v) is 13.3. The summed E-state index contributed by atoms with van der Waals surface area (Å²) in [5.41, 5.74) is 5.15. The van der Waals surface area contributed by atoms with Crippen molar-refractivity contribution in [2.75, 3.05) is 32.7 Å². The van der Waals surface area contributed by atoms with E-state index in [9.17, 15) is 8.42 Å². The van der Waals surface area contributed by atoms with Crippen LogP contribution in [0.15, 0.2) is 57.8 Å². The maximum atomic E-state index is 13.1. The fourth-order valence-corrected chi connectivity index (χ4v) is 6.18. The summed E-state index contributed by atoms with van der Waals surface area (Å²) in [6, 6.07) is 12.4. The summed E-state index contributed by atoms with van der Waals surface area (Å²) in [5.74, 6) is 1.72. The Morgan fingerprint density at radius 2 is 2.06 bits per heavy atom. The predicted octanol–water partition coefficient (Wildman–Crippen LogP) is 4.69. The predicted molar refractivity (Wildman–Crippen MR) is 135 cm³/mol. The van der Waals surface area contributed by atoms with Gasteiger partial charge in [0.15, 0.2) is 0 Å². The maximum absolute atomic E-state index is 13.1. The molecule has 1 atom stereocenters. The van der Waals surface area contributed by atoms with Crippen LogP contribution >= 0.6 is 11.3 Å². The van der Waals surface area contributed by atoms with Crippen LogP contribution in [0.5, 0.6) is 11.5 Å². The number of methoxy groups -OCH3 is 2. The Balaban J connectivity index is 1.48. The van der Waals surface area contributed by atoms with Gasteiger partial charge in [0.1, 0.15) is 11.5 Å². The molecule has 1 saturated heterocycles. The molecule has 1 N–H and O–H groups in total. The van der Waals surface area contributed by atoms with E-state index in [1.165, 1.54) is 11.3 Å². The van der Waals surface area contributed by atoms with Crippen LogP contribution < -0.4 is 14.9 Å². The van der Waals surface area contributed by atoms with Gasteiger partial charge in [-0.1, -0.05) is 19.1 Å². The van der Waals surface area contributed by atoms with Crippen molar-refractivity contribution < 1.29 is 17.9 Å². The van der Waals surface area contributed by atoms with Gasteiger partial charge in [-0.3, -0.25) is 5.43 Å². The van der Waals surface area contributed by atoms with Crippen LogP contribution in [0.3, 0.4) is 0 Å². The summed E-state index contributed by atoms with van der Waals surface area (Å²) in [6.45, 7) is 3.22. The normalized spacial score (nSPS) is 17.1. The summed E-state index contributed by atoms with van der Waals surface area (Å²) in [6.07, 6.45) is 3.60. The lowest BCUT2D eigenvalue weighted by atomic mass is 10.0. The van der Waals surface area contributed by atoms with Crippen molar-refractivity contribution in [3.63, 3.8) is 0 Å². The van der Waals surface area contributed by atoms with Gasteiger partial charge in [0.05, 0.1) is 31.0 Å². The lowest BCUT2D eigenvalue weighted by Crippen LogP contribution is -2.39. The molecule has 2 heterocycles. The highest BCUT2D eigenvalue weighted by Gasteiger charge is 2.28. The van der Waals surface area contributed by atoms with Gasteiger partial charge >= 0.3 is 0 Å². The first-order valence-electron chi connectivity index (χ1n) is 11.0. The monoisotopic (exact) mass is 500 g/mol. The largest absolute Gasteiger partial charge is 0.497 e. The Bertz CT molecular complexity index is 1270. The highest BCUT2D eigenvalue weighted by Crippen LogP contribution is 2.29. The lowest BCUT2D eigenvalue weighted by molar-refractivity contribution is 0.281. The molecule has 0 bridgehead atoms. The summed E-state index contributed by atoms with van der Waals surface area (Å²) >= 11 is 1.39. The van der Waals surface area contributed by atoms with E-state index in [0.717, 1.165) is 24.0 Å². The van der Waals surface area contributed by atoms with Crippen molar-refractivity contribution in [1.82, 2.24) is 9.29 Å². The zero-order valence-electron chi connectivity index (χ0n) is 19.4. The minimum absolute atomic E-state index is 0.297. The van der Waals surface area contributed by atoms with E-state index in [4.69, 9.17) is 9.47 Å². The van der Waals surface area contributed by atoms with Crippen molar-refractivity contribution in [2.24, 2.45) is 11.0 Å². The number of rotatable bonds is 8. The molecule has 0 amide bonds. The van der Waals surface area contributed by atoms with Crippen LogP contribution in [0.4, 0.5) is 5.13 Å². The number of sulfonamides is 1. The molecule has 8 nitrogen and oxygen atoms in total. The molecule has 1 aliphatic rings. The Hall–Kier alpha value is -2.95. The number of piperidine rings is 1. The summed E-state index contributed by atoms with van der Waals surface area (Å²) in [4.78, 5) is 4.86. The highest BCUT2D eigenvalue weighted by molar-refractivity contribution is 7.89. The second-order valence-corrected chi connectivity index (χ2v) is 11.0. The molecule has 2 aromatic carbocycles. The topological polar surface area (TPSA) is 93.1 Å². The standard InChI is InChI=1S/C24H28N4O4S2/c1-17-6-5-11-28(15-17)34(29,30)21-8-4-7-18(12-21)22-16-33-24(26-22)27-25-14-19-9-10-20(31-2)13-23(19)32-3/h4,7-10,12-14,16-17H,5-6,11,15H2,1-3H3,(H,26,27)/b25-14+. The zero-order valence-corrected chi connectivity index (χ0v) is 21.0. The molecule has 1 fully saturated rings. The van der Waals surface area contributed by atoms with Gasteiger partial charge in [0, 0.05) is 35.7 Å². The number of benzene rings is 2. The average molecular weight is 501 g/mol. The molecule has 1 aliphatic heterocycles. The number of nitrogens with zero attached hydrogens (tertiary/aromatic N) is 3. The molecule has 34 heavy (non-hydrogen) atoms. The average Bonchev–Trinajstić information content (AvgIpc) is 3.33. The molecule has 4 rings (SSSR count). The molecule has 0 saturated carbocycles. The zero-order chi connectivity index (χ0) is 24.1. The van der Waals surface area contributed by atoms with Crippen molar-refractivity contribution in [1.29, 1.82) is 0 Å². The molecule has 10 heteroatoms. The first kappa shape index (κ1) is 24.2. The van der Waals surface area contributed by atoms with E-state index in [1.807, 2.05) is 23.6 Å². The summed E-state index contributed by atoms with van der Waals surface area (Å²) in [5, 5.41) is 6.73. The van der Waals surface area contributed by atoms with E-state index >= 15 is 0 Å². The number of hydrogen-bond acceptors (Lipinski definition) is 8. The summed E-state index contributed by atoms with van der Waals surface area (Å²) in [7, 11) is -0.335. The Morgan fingerprint density at radius 3 is 2.82 bits per heavy atom. The third-order valence-corrected chi connectivity index (χ3v) is 8.30. The number of aromatic nitrogens is 1. The Kier molecular flexibility index (Phi) is 7.50. The van der Waals surface area contributed by atoms with Crippen LogP contribution in [0.1, 0.15) is 25.3 Å². The third kappa shape index (κ3) is 5.40. The van der Waals surface area contributed by atoms with E-state index in [1.54, 1.807) is 49.0 Å². The van der Waals surface area contributed by atoms with Gasteiger partial charge in [0.25, 0.3) is 0 Å². The minimum atomic E-state index is -3.53. The van der Waals surface area contributed by atoms with Crippen LogP contribution in [-0.2, 0) is 10.0 Å². The first-order chi connectivity index (χ1) is 16.4. The molecule has 0 spiro atoms. The van der Waals surface area contributed by atoms with Gasteiger partial charge in [-0.2, -0.15) is 9.41 Å². The van der Waals surface area contributed by atoms with Gasteiger partial charge in [0.2, 0.25) is 15.2 Å². The van der Waals surface area contributed by atoms with Gasteiger partial charge < -0.3 is 9.47 Å². The number of ether oxygens (including phenoxy) is 2. The van der Waals surface area contributed by atoms with Crippen molar-refractivity contribution in [3.05, 3.63) is 53.4 Å². The van der Waals surface area contributed by atoms with Crippen molar-refractivity contribution in [3.8, 4) is 22.8 Å². The van der Waals surface area contributed by atoms with Crippen LogP contribution in [0, 0.1) is 5.92 Å². The number of thiazole rings is 1. The molecular weight excluding hydrogens is 472 g/mol. The maximum Gasteiger partial charge on any atom is 0.243 e. The number of hydrogen-bond donors (Lipinski definition) is 1. The number of hydrazone groups is 1. The van der Waals surface area contributed by atoms with Gasteiger partial charge in [-0.05, 0) is 43.0 Å². The smallest absolute Gasteiger partial charge is 0.243 e. The SMILES string of the molecule is COc1ccc(/C=N/Nc2nc(-c3cccc(S(=O)(=O)N4CCCC(C)C4)c3)cs2)c(OC)c1. The van der Waals surface area contributed by atoms with E-state index in [-0.39, 0.29) is 0 Å². The minimum Gasteiger partial charge on any atom is -0.497 e. The van der Waals surface area contributed by atoms with Crippen molar-refractivity contribution in [2.45, 2.75) is 24.7 Å². The van der Waals surface area contributed by atoms with Gasteiger partial charge in [-0.25, -0.2) is 13.4 Å². The molecule has 0 aliphatic carbocycles. The van der Waals surface area contributed by atoms with Crippen molar-refractivity contribution >= 4 is 32.7 Å². The second-order valence-electron chi connectivity index (χ2n) is 8.15. The summed E-state index contributed by atoms with van der Waals surface area (Å²) < 4.78 is 38.5. The van der Waals surface area contributed by atoms with Crippen LogP contribution in [-0.4, -0.2) is 51.2 Å². The lowest BCUT2D eigenvalue weighted by Gasteiger charge is -2.30. The fraction of sp³-hybridized carbons (Fsp3) is 0.333. The quantitative estimate of drug-likeness (QED) is 0.356. The number of nitrogens with one attached hydrogen (secondary N) is 1. The molecule has 1 aromatic heterocycles. The van der Waals surface area contributed by atoms with Gasteiger partial charge in [-0.15, -0.1) is 11.3 Å². The second kappa shape index (κ2) is 10.5.